The summed E-state index contributed by atoms with van der Waals surface area (Å²) in [6.45, 7) is 20.4. The standard InChI is InChI=1S/C20H17N.C13H12.C11H12.3C2H6.C2H2/c1-15-3-7-17(8-4-15)18-9-13-20(14-10-18)21-19-11-5-16(2)6-12-19;1-11-7-9-13(10-8-11)12-5-3-2-4-6-12;1-9-5-4-7-10-6-2-3-8-11(9)10;4*1-2/h3,5-7,9-14,21H,1-2H3;2-10H,1H3;2,4-7H,3,8H2,1H3;3*1-2H3;1-2H. The van der Waals surface area contributed by atoms with Crippen LogP contribution in [-0.4, -0.2) is 0 Å². The lowest BCUT2D eigenvalue weighted by Crippen LogP contribution is -1.96. The largest absolute Gasteiger partial charge is 0.356 e. The van der Waals surface area contributed by atoms with E-state index in [0.29, 0.717) is 0 Å². The Kier molecular flexibility index (Phi) is 23.0. The zero-order valence-corrected chi connectivity index (χ0v) is 33.9. The third-order valence-electron chi connectivity index (χ3n) is 7.89. The predicted octanol–water partition coefficient (Wildman–Crippen LogP) is 15.3. The molecule has 0 radical (unpaired) electrons. The van der Waals surface area contributed by atoms with Crippen LogP contribution in [0, 0.1) is 52.7 Å². The zero-order valence-electron chi connectivity index (χ0n) is 33.9. The van der Waals surface area contributed by atoms with E-state index in [4.69, 9.17) is 0 Å². The Hall–Kier alpha value is -5.76. The molecule has 1 aliphatic rings. The van der Waals surface area contributed by atoms with Gasteiger partial charge in [-0.1, -0.05) is 174 Å². The van der Waals surface area contributed by atoms with E-state index in [1.165, 1.54) is 51.8 Å². The molecule has 7 rings (SSSR count). The average Bonchev–Trinajstić information content (AvgIpc) is 3.24. The summed E-state index contributed by atoms with van der Waals surface area (Å²) in [6.07, 6.45) is 14.9. The van der Waals surface area contributed by atoms with Crippen molar-refractivity contribution in [3.05, 3.63) is 185 Å². The second-order valence-corrected chi connectivity index (χ2v) is 11.6. The first-order valence-corrected chi connectivity index (χ1v) is 19.0. The van der Waals surface area contributed by atoms with Crippen LogP contribution in [0.5, 0.6) is 0 Å². The number of hydrogen-bond acceptors (Lipinski definition) is 1. The molecule has 0 spiro atoms. The quantitative estimate of drug-likeness (QED) is 0.181. The minimum absolute atomic E-state index is 1.07. The molecule has 0 atom stereocenters. The number of fused-ring (bicyclic) bond motifs is 1. The van der Waals surface area contributed by atoms with Crippen molar-refractivity contribution in [1.29, 1.82) is 0 Å². The van der Waals surface area contributed by atoms with Crippen molar-refractivity contribution in [3.8, 4) is 35.1 Å². The molecule has 0 aliphatic heterocycles. The van der Waals surface area contributed by atoms with Gasteiger partial charge in [0.05, 0.1) is 0 Å². The Bertz CT molecular complexity index is 1840. The van der Waals surface area contributed by atoms with Gasteiger partial charge in [0, 0.05) is 16.9 Å². The Labute approximate surface area is 323 Å². The Morgan fingerprint density at radius 3 is 1.53 bits per heavy atom. The molecular weight excluding hydrogens is 639 g/mol. The molecule has 0 bridgehead atoms. The Morgan fingerprint density at radius 2 is 1.00 bits per heavy atom. The molecule has 0 unspecified atom stereocenters. The van der Waals surface area contributed by atoms with Gasteiger partial charge >= 0.3 is 0 Å². The van der Waals surface area contributed by atoms with Gasteiger partial charge in [0.15, 0.2) is 0 Å². The van der Waals surface area contributed by atoms with Crippen molar-refractivity contribution in [2.45, 2.75) is 82.1 Å². The molecule has 0 aromatic heterocycles. The van der Waals surface area contributed by atoms with Gasteiger partial charge in [-0.15, -0.1) is 12.8 Å². The van der Waals surface area contributed by atoms with E-state index in [1.807, 2.05) is 54.5 Å². The van der Waals surface area contributed by atoms with E-state index in [-0.39, 0.29) is 0 Å². The van der Waals surface area contributed by atoms with Gasteiger partial charge < -0.3 is 5.32 Å². The summed E-state index contributed by atoms with van der Waals surface area (Å²) in [5.41, 5.74) is 15.0. The van der Waals surface area contributed by atoms with Crippen LogP contribution in [0.4, 0.5) is 11.4 Å². The van der Waals surface area contributed by atoms with Crippen molar-refractivity contribution < 1.29 is 0 Å². The van der Waals surface area contributed by atoms with Crippen LogP contribution >= 0.6 is 0 Å². The Balaban J connectivity index is 0.000000380. The molecule has 0 saturated heterocycles. The van der Waals surface area contributed by atoms with Crippen molar-refractivity contribution in [2.75, 3.05) is 5.32 Å². The molecule has 0 fully saturated rings. The highest BCUT2D eigenvalue weighted by molar-refractivity contribution is 5.68. The maximum Gasteiger partial charge on any atom is 0.0384 e. The molecular formula is C52H61N. The number of anilines is 2. The first kappa shape index (κ1) is 45.3. The average molecular weight is 700 g/mol. The molecule has 1 nitrogen and oxygen atoms in total. The van der Waals surface area contributed by atoms with Crippen LogP contribution in [-0.2, 0) is 6.42 Å². The predicted molar refractivity (Wildman–Crippen MR) is 238 cm³/mol. The second kappa shape index (κ2) is 27.0. The monoisotopic (exact) mass is 699 g/mol. The van der Waals surface area contributed by atoms with Crippen LogP contribution in [0.3, 0.4) is 0 Å². The van der Waals surface area contributed by atoms with Crippen molar-refractivity contribution >= 4 is 17.5 Å². The minimum atomic E-state index is 1.07. The van der Waals surface area contributed by atoms with Crippen LogP contribution in [0.2, 0.25) is 0 Å². The van der Waals surface area contributed by atoms with Crippen molar-refractivity contribution in [3.63, 3.8) is 0 Å². The topological polar surface area (TPSA) is 12.0 Å². The van der Waals surface area contributed by atoms with Gasteiger partial charge in [-0.25, -0.2) is 0 Å². The molecule has 0 heterocycles. The Morgan fingerprint density at radius 1 is 0.491 bits per heavy atom. The molecule has 6 aromatic carbocycles. The molecule has 1 aliphatic carbocycles. The number of rotatable bonds is 4. The SMILES string of the molecule is C#C.CC.CC.CC.Cc1c#cc(-c2ccc(Nc3ccc(C)cc3)cc2)cc1.Cc1ccc(-c2ccccc2)cc1.Cc1cccc2c1CCC=C2. The van der Waals surface area contributed by atoms with Gasteiger partial charge in [0.25, 0.3) is 0 Å². The summed E-state index contributed by atoms with van der Waals surface area (Å²) >= 11 is 0. The van der Waals surface area contributed by atoms with E-state index in [9.17, 15) is 0 Å². The summed E-state index contributed by atoms with van der Waals surface area (Å²) in [4.78, 5) is 0. The number of nitrogens with one attached hydrogen (secondary N) is 1. The minimum Gasteiger partial charge on any atom is -0.356 e. The molecule has 1 heteroatoms. The van der Waals surface area contributed by atoms with Gasteiger partial charge in [-0.05, 0) is 116 Å². The molecule has 274 valence electrons. The van der Waals surface area contributed by atoms with Gasteiger partial charge in [-0.3, -0.25) is 0 Å². The van der Waals surface area contributed by atoms with Gasteiger partial charge in [0.1, 0.15) is 0 Å². The lowest BCUT2D eigenvalue weighted by atomic mass is 9.94. The summed E-state index contributed by atoms with van der Waals surface area (Å²) in [5, 5.41) is 3.40. The number of terminal acetylenes is 1. The first-order chi connectivity index (χ1) is 25.9. The van der Waals surface area contributed by atoms with Crippen molar-refractivity contribution in [1.82, 2.24) is 0 Å². The molecule has 0 amide bonds. The highest BCUT2D eigenvalue weighted by Crippen LogP contribution is 2.23. The van der Waals surface area contributed by atoms with E-state index >= 15 is 0 Å². The number of allylic oxidation sites excluding steroid dienone is 1. The lowest BCUT2D eigenvalue weighted by Gasteiger charge is -2.12. The van der Waals surface area contributed by atoms with E-state index in [0.717, 1.165) is 28.1 Å². The molecule has 0 saturated carbocycles. The fraction of sp³-hybridized carbons (Fsp3) is 0.231. The van der Waals surface area contributed by atoms with Crippen LogP contribution in [0.1, 0.15) is 81.3 Å². The highest BCUT2D eigenvalue weighted by Gasteiger charge is 2.05. The van der Waals surface area contributed by atoms with Crippen LogP contribution in [0.15, 0.2) is 140 Å². The number of hydrogen-bond donors (Lipinski definition) is 1. The van der Waals surface area contributed by atoms with E-state index < -0.39 is 0 Å². The highest BCUT2D eigenvalue weighted by atomic mass is 14.9. The second-order valence-electron chi connectivity index (χ2n) is 11.6. The molecule has 53 heavy (non-hydrogen) atoms. The third kappa shape index (κ3) is 16.0. The fourth-order valence-electron chi connectivity index (χ4n) is 5.20. The van der Waals surface area contributed by atoms with E-state index in [1.54, 1.807) is 0 Å². The summed E-state index contributed by atoms with van der Waals surface area (Å²) in [6, 6.07) is 52.7. The maximum absolute atomic E-state index is 4.00. The number of aryl methyl sites for hydroxylation is 4. The smallest absolute Gasteiger partial charge is 0.0384 e. The normalized spacial score (nSPS) is 9.81. The fourth-order valence-corrected chi connectivity index (χ4v) is 5.20. The lowest BCUT2D eigenvalue weighted by molar-refractivity contribution is 0.971. The zero-order chi connectivity index (χ0) is 39.4. The summed E-state index contributed by atoms with van der Waals surface area (Å²) in [7, 11) is 0. The molecule has 1 N–H and O–H groups in total. The van der Waals surface area contributed by atoms with Gasteiger partial charge in [-0.2, -0.15) is 0 Å². The molecule has 6 aromatic rings. The summed E-state index contributed by atoms with van der Waals surface area (Å²) < 4.78 is 0. The first-order valence-electron chi connectivity index (χ1n) is 19.0. The summed E-state index contributed by atoms with van der Waals surface area (Å²) in [5.74, 6) is 0. The maximum atomic E-state index is 4.00. The third-order valence-corrected chi connectivity index (χ3v) is 7.89. The number of benzene rings is 5. The van der Waals surface area contributed by atoms with Crippen LogP contribution in [0.25, 0.3) is 28.3 Å². The van der Waals surface area contributed by atoms with E-state index in [2.05, 4.69) is 191 Å². The van der Waals surface area contributed by atoms with Gasteiger partial charge in [0.2, 0.25) is 0 Å². The van der Waals surface area contributed by atoms with Crippen molar-refractivity contribution in [2.24, 2.45) is 0 Å². The van der Waals surface area contributed by atoms with Crippen LogP contribution < -0.4 is 5.32 Å².